The van der Waals surface area contributed by atoms with Crippen LogP contribution in [0, 0.1) is 13.8 Å². The Morgan fingerprint density at radius 2 is 1.69 bits per heavy atom. The number of phenolic OH excluding ortho intramolecular Hbond substituents is 2. The lowest BCUT2D eigenvalue weighted by Crippen LogP contribution is -2.16. The van der Waals surface area contributed by atoms with E-state index in [0.717, 1.165) is 24.0 Å². The van der Waals surface area contributed by atoms with Crippen LogP contribution < -0.4 is 5.32 Å². The lowest BCUT2D eigenvalue weighted by atomic mass is 9.91. The largest absolute Gasteiger partial charge is 0.508 e. The van der Waals surface area contributed by atoms with Crippen LogP contribution in [0.3, 0.4) is 0 Å². The Bertz CT molecular complexity index is 797. The molecular formula is C22H27NO3. The van der Waals surface area contributed by atoms with Gasteiger partial charge in [-0.2, -0.15) is 0 Å². The first-order valence-electron chi connectivity index (χ1n) is 8.97. The number of aromatic hydroxyl groups is 2. The van der Waals surface area contributed by atoms with E-state index >= 15 is 0 Å². The molecule has 138 valence electrons. The average Bonchev–Trinajstić information content (AvgIpc) is 2.61. The minimum atomic E-state index is -0.391. The second-order valence-corrected chi connectivity index (χ2v) is 6.58. The molecule has 0 spiro atoms. The number of hydrogen-bond acceptors (Lipinski definition) is 3. The van der Waals surface area contributed by atoms with Gasteiger partial charge in [-0.05, 0) is 67.5 Å². The zero-order chi connectivity index (χ0) is 19.3. The molecule has 0 aliphatic carbocycles. The maximum Gasteiger partial charge on any atom is 0.255 e. The molecule has 2 aromatic rings. The van der Waals surface area contributed by atoms with E-state index in [9.17, 15) is 15.0 Å². The first-order valence-corrected chi connectivity index (χ1v) is 8.97. The van der Waals surface area contributed by atoms with Gasteiger partial charge in [-0.15, -0.1) is 0 Å². The number of amides is 1. The molecule has 26 heavy (non-hydrogen) atoms. The third kappa shape index (κ3) is 4.45. The van der Waals surface area contributed by atoms with E-state index in [1.807, 2.05) is 6.08 Å². The summed E-state index contributed by atoms with van der Waals surface area (Å²) >= 11 is 0. The maximum atomic E-state index is 12.2. The van der Waals surface area contributed by atoms with Crippen molar-refractivity contribution in [3.8, 4) is 11.5 Å². The van der Waals surface area contributed by atoms with E-state index in [-0.39, 0.29) is 17.1 Å². The third-order valence-electron chi connectivity index (χ3n) is 4.84. The summed E-state index contributed by atoms with van der Waals surface area (Å²) in [6, 6.07) is 9.09. The Hall–Kier alpha value is -2.75. The summed E-state index contributed by atoms with van der Waals surface area (Å²) in [5.74, 6) is -0.0228. The maximum absolute atomic E-state index is 12.2. The van der Waals surface area contributed by atoms with Crippen molar-refractivity contribution in [1.82, 2.24) is 5.32 Å². The standard InChI is InChI=1S/C22H27NO3/c1-5-16(6-2)18-8-7-17(14(3)11-18)9-10-23-22(26)19-12-20(24)15(4)21(25)13-19/h7-13,16,24-25H,5-6H2,1-4H3,(H,23,26). The van der Waals surface area contributed by atoms with E-state index in [1.54, 1.807) is 13.1 Å². The topological polar surface area (TPSA) is 69.6 Å². The molecule has 0 aromatic heterocycles. The van der Waals surface area contributed by atoms with Gasteiger partial charge in [0.1, 0.15) is 11.5 Å². The number of nitrogens with one attached hydrogen (secondary N) is 1. The highest BCUT2D eigenvalue weighted by Gasteiger charge is 2.11. The summed E-state index contributed by atoms with van der Waals surface area (Å²) in [6.45, 7) is 8.05. The Morgan fingerprint density at radius 1 is 1.08 bits per heavy atom. The van der Waals surface area contributed by atoms with Crippen LogP contribution in [0.2, 0.25) is 0 Å². The fourth-order valence-corrected chi connectivity index (χ4v) is 3.01. The van der Waals surface area contributed by atoms with Gasteiger partial charge in [-0.3, -0.25) is 4.79 Å². The summed E-state index contributed by atoms with van der Waals surface area (Å²) in [5.41, 5.74) is 4.10. The normalized spacial score (nSPS) is 11.3. The molecule has 4 nitrogen and oxygen atoms in total. The van der Waals surface area contributed by atoms with Crippen LogP contribution in [-0.4, -0.2) is 16.1 Å². The van der Waals surface area contributed by atoms with Gasteiger partial charge in [0.25, 0.3) is 5.91 Å². The lowest BCUT2D eigenvalue weighted by Gasteiger charge is -2.14. The number of carbonyl (C=O) groups is 1. The van der Waals surface area contributed by atoms with Crippen molar-refractivity contribution in [3.63, 3.8) is 0 Å². The second kappa shape index (κ2) is 8.56. The predicted molar refractivity (Wildman–Crippen MR) is 106 cm³/mol. The zero-order valence-corrected chi connectivity index (χ0v) is 15.8. The van der Waals surface area contributed by atoms with Gasteiger partial charge in [-0.1, -0.05) is 32.0 Å². The van der Waals surface area contributed by atoms with E-state index in [1.165, 1.54) is 17.7 Å². The number of hydrogen-bond donors (Lipinski definition) is 3. The van der Waals surface area contributed by atoms with Gasteiger partial charge < -0.3 is 15.5 Å². The zero-order valence-electron chi connectivity index (χ0n) is 15.8. The molecule has 1 amide bonds. The summed E-state index contributed by atoms with van der Waals surface area (Å²) in [5, 5.41) is 22.1. The van der Waals surface area contributed by atoms with Crippen molar-refractivity contribution >= 4 is 12.0 Å². The summed E-state index contributed by atoms with van der Waals surface area (Å²) in [6.07, 6.45) is 5.67. The summed E-state index contributed by atoms with van der Waals surface area (Å²) < 4.78 is 0. The minimum Gasteiger partial charge on any atom is -0.508 e. The first-order chi connectivity index (χ1) is 12.4. The molecule has 0 unspecified atom stereocenters. The van der Waals surface area contributed by atoms with E-state index in [2.05, 4.69) is 44.3 Å². The van der Waals surface area contributed by atoms with Gasteiger partial charge >= 0.3 is 0 Å². The quantitative estimate of drug-likeness (QED) is 0.683. The molecule has 0 saturated carbocycles. The molecular weight excluding hydrogens is 326 g/mol. The second-order valence-electron chi connectivity index (χ2n) is 6.58. The van der Waals surface area contributed by atoms with Gasteiger partial charge in [0.05, 0.1) is 0 Å². The van der Waals surface area contributed by atoms with E-state index in [4.69, 9.17) is 0 Å². The molecule has 2 rings (SSSR count). The van der Waals surface area contributed by atoms with Crippen molar-refractivity contribution < 1.29 is 15.0 Å². The van der Waals surface area contributed by atoms with Crippen LogP contribution in [0.1, 0.15) is 65.2 Å². The average molecular weight is 353 g/mol. The van der Waals surface area contributed by atoms with Crippen LogP contribution >= 0.6 is 0 Å². The molecule has 0 saturated heterocycles. The number of aryl methyl sites for hydroxylation is 1. The molecule has 0 aliphatic heterocycles. The Kier molecular flexibility index (Phi) is 6.45. The van der Waals surface area contributed by atoms with Crippen LogP contribution in [0.4, 0.5) is 0 Å². The van der Waals surface area contributed by atoms with Crippen LogP contribution in [-0.2, 0) is 0 Å². The van der Waals surface area contributed by atoms with Crippen molar-refractivity contribution in [3.05, 3.63) is 64.3 Å². The lowest BCUT2D eigenvalue weighted by molar-refractivity contribution is 0.0969. The molecule has 0 heterocycles. The first kappa shape index (κ1) is 19.6. The summed E-state index contributed by atoms with van der Waals surface area (Å²) in [4.78, 5) is 12.2. The molecule has 0 aliphatic rings. The number of phenols is 2. The van der Waals surface area contributed by atoms with Crippen LogP contribution in [0.25, 0.3) is 6.08 Å². The third-order valence-corrected chi connectivity index (χ3v) is 4.84. The van der Waals surface area contributed by atoms with Crippen LogP contribution in [0.15, 0.2) is 36.5 Å². The Labute approximate surface area is 155 Å². The molecule has 2 aromatic carbocycles. The SMILES string of the molecule is CCC(CC)c1ccc(C=CNC(=O)c2cc(O)c(C)c(O)c2)c(C)c1. The number of rotatable bonds is 6. The number of carbonyl (C=O) groups excluding carboxylic acids is 1. The molecule has 0 radical (unpaired) electrons. The highest BCUT2D eigenvalue weighted by Crippen LogP contribution is 2.27. The fraction of sp³-hybridized carbons (Fsp3) is 0.318. The van der Waals surface area contributed by atoms with Crippen molar-refractivity contribution in [1.29, 1.82) is 0 Å². The molecule has 0 atom stereocenters. The van der Waals surface area contributed by atoms with E-state index < -0.39 is 5.91 Å². The van der Waals surface area contributed by atoms with Gasteiger partial charge in [0.2, 0.25) is 0 Å². The minimum absolute atomic E-state index is 0.105. The highest BCUT2D eigenvalue weighted by atomic mass is 16.3. The van der Waals surface area contributed by atoms with Crippen molar-refractivity contribution in [2.24, 2.45) is 0 Å². The van der Waals surface area contributed by atoms with Gasteiger partial charge in [0.15, 0.2) is 0 Å². The van der Waals surface area contributed by atoms with Crippen molar-refractivity contribution in [2.75, 3.05) is 0 Å². The highest BCUT2D eigenvalue weighted by molar-refractivity contribution is 5.96. The Morgan fingerprint density at radius 3 is 2.23 bits per heavy atom. The summed E-state index contributed by atoms with van der Waals surface area (Å²) in [7, 11) is 0. The predicted octanol–water partition coefficient (Wildman–Crippen LogP) is 5.02. The molecule has 3 N–H and O–H groups in total. The van der Waals surface area contributed by atoms with Crippen LogP contribution in [0.5, 0.6) is 11.5 Å². The van der Waals surface area contributed by atoms with Gasteiger partial charge in [-0.25, -0.2) is 0 Å². The van der Waals surface area contributed by atoms with E-state index in [0.29, 0.717) is 11.5 Å². The fourth-order valence-electron chi connectivity index (χ4n) is 3.01. The molecule has 4 heteroatoms. The van der Waals surface area contributed by atoms with Gasteiger partial charge in [0, 0.05) is 17.3 Å². The monoisotopic (exact) mass is 353 g/mol. The smallest absolute Gasteiger partial charge is 0.255 e. The Balaban J connectivity index is 2.09. The molecule has 0 fully saturated rings. The number of benzene rings is 2. The van der Waals surface area contributed by atoms with Crippen molar-refractivity contribution in [2.45, 2.75) is 46.5 Å². The molecule has 0 bridgehead atoms.